The van der Waals surface area contributed by atoms with E-state index in [0.29, 0.717) is 45.2 Å². The maximum Gasteiger partial charge on any atom is 0.252 e. The van der Waals surface area contributed by atoms with E-state index in [2.05, 4.69) is 35.6 Å². The molecule has 2 amide bonds. The number of amides is 2. The fourth-order valence-electron chi connectivity index (χ4n) is 8.47. The first-order chi connectivity index (χ1) is 25.6. The van der Waals surface area contributed by atoms with Crippen molar-refractivity contribution in [2.24, 2.45) is 5.92 Å². The number of piperidine rings is 1. The molecule has 3 aliphatic heterocycles. The number of benzene rings is 3. The number of methoxy groups -OCH3 is 1. The normalized spacial score (nSPS) is 22.6. The smallest absolute Gasteiger partial charge is 0.252 e. The third-order valence-electron chi connectivity index (χ3n) is 11.4. The maximum absolute atomic E-state index is 15.0. The molecule has 7 rings (SSSR count). The SMILES string of the molecule is COc1cccc(CN(C(=O)C2=C(c3ccc(CCCOc4cc(F)cc(F)c4Cl)cc3)CC3CC(C(=O)N4CCCC4CO)CC2N3)C2CC2)c1C. The van der Waals surface area contributed by atoms with Gasteiger partial charge in [0.15, 0.2) is 0 Å². The molecule has 1 aliphatic carbocycles. The van der Waals surface area contributed by atoms with Crippen molar-refractivity contribution in [2.75, 3.05) is 26.9 Å². The Balaban J connectivity index is 1.14. The summed E-state index contributed by atoms with van der Waals surface area (Å²) in [5.41, 5.74) is 5.89. The van der Waals surface area contributed by atoms with Crippen LogP contribution in [0.15, 0.2) is 60.2 Å². The van der Waals surface area contributed by atoms with E-state index in [0.717, 1.165) is 77.0 Å². The number of carbonyl (C=O) groups is 2. The quantitative estimate of drug-likeness (QED) is 0.144. The molecule has 0 aromatic heterocycles. The van der Waals surface area contributed by atoms with Crippen LogP contribution >= 0.6 is 11.6 Å². The van der Waals surface area contributed by atoms with Crippen LogP contribution in [0.5, 0.6) is 11.5 Å². The molecule has 4 atom stereocenters. The molecule has 282 valence electrons. The monoisotopic (exact) mass is 747 g/mol. The van der Waals surface area contributed by atoms with E-state index in [1.807, 2.05) is 28.9 Å². The molecular formula is C42H48ClF2N3O5. The van der Waals surface area contributed by atoms with Crippen molar-refractivity contribution in [3.8, 4) is 11.5 Å². The topological polar surface area (TPSA) is 91.3 Å². The number of likely N-dealkylation sites (tertiary alicyclic amines) is 1. The molecule has 2 saturated heterocycles. The molecule has 1 saturated carbocycles. The Bertz CT molecular complexity index is 1870. The summed E-state index contributed by atoms with van der Waals surface area (Å²) < 4.78 is 38.7. The number of carbonyl (C=O) groups excluding carboxylic acids is 2. The van der Waals surface area contributed by atoms with Gasteiger partial charge in [-0.05, 0) is 98.6 Å². The average molecular weight is 748 g/mol. The van der Waals surface area contributed by atoms with E-state index < -0.39 is 11.6 Å². The third-order valence-corrected chi connectivity index (χ3v) is 11.8. The number of rotatable bonds is 13. The molecule has 3 fully saturated rings. The van der Waals surface area contributed by atoms with Crippen LogP contribution in [0.3, 0.4) is 0 Å². The van der Waals surface area contributed by atoms with Crippen LogP contribution in [0.4, 0.5) is 8.78 Å². The summed E-state index contributed by atoms with van der Waals surface area (Å²) in [4.78, 5) is 32.8. The second-order valence-corrected chi connectivity index (χ2v) is 15.3. The maximum atomic E-state index is 15.0. The fourth-order valence-corrected chi connectivity index (χ4v) is 8.63. The lowest BCUT2D eigenvalue weighted by Crippen LogP contribution is -2.56. The molecule has 0 radical (unpaired) electrons. The molecule has 3 aromatic carbocycles. The molecule has 3 heterocycles. The Hall–Kier alpha value is -3.99. The number of hydrogen-bond acceptors (Lipinski definition) is 6. The van der Waals surface area contributed by atoms with E-state index in [1.54, 1.807) is 7.11 Å². The molecule has 4 aliphatic rings. The lowest BCUT2D eigenvalue weighted by molar-refractivity contribution is -0.139. The minimum Gasteiger partial charge on any atom is -0.496 e. The van der Waals surface area contributed by atoms with Gasteiger partial charge in [0.05, 0.1) is 26.4 Å². The van der Waals surface area contributed by atoms with Gasteiger partial charge in [-0.3, -0.25) is 9.59 Å². The predicted octanol–water partition coefficient (Wildman–Crippen LogP) is 7.02. The molecule has 0 spiro atoms. The number of nitrogens with zero attached hydrogens (tertiary/aromatic N) is 2. The van der Waals surface area contributed by atoms with Crippen LogP contribution in [0.2, 0.25) is 5.02 Å². The standard InChI is InChI=1S/C42H48ClF2N3O5/c1-25-28(7-3-9-37(25)52-2)23-48(32-14-15-32)42(51)39-34(22-31-18-29(19-36(39)46-31)41(50)47-16-4-8-33(47)24-49)27-12-10-26(11-13-27)6-5-17-53-38-21-30(44)20-35(45)40(38)43/h3,7,9-13,20-21,29,31-33,36,46,49H,4-6,8,14-19,22-24H2,1-2H3. The van der Waals surface area contributed by atoms with Crippen molar-refractivity contribution < 1.29 is 33.0 Å². The number of aliphatic hydroxyl groups is 1. The van der Waals surface area contributed by atoms with Crippen molar-refractivity contribution in [3.05, 3.63) is 99.1 Å². The molecule has 3 aromatic rings. The highest BCUT2D eigenvalue weighted by Gasteiger charge is 2.45. The second kappa shape index (κ2) is 16.2. The Morgan fingerprint density at radius 2 is 1.85 bits per heavy atom. The van der Waals surface area contributed by atoms with Crippen LogP contribution in [-0.2, 0) is 22.6 Å². The van der Waals surface area contributed by atoms with E-state index in [9.17, 15) is 23.5 Å². The first-order valence-corrected chi connectivity index (χ1v) is 19.2. The second-order valence-electron chi connectivity index (χ2n) is 14.9. The first-order valence-electron chi connectivity index (χ1n) is 18.9. The lowest BCUT2D eigenvalue weighted by Gasteiger charge is -2.44. The average Bonchev–Trinajstić information content (AvgIpc) is 3.89. The summed E-state index contributed by atoms with van der Waals surface area (Å²) in [5.74, 6) is -0.935. The largest absolute Gasteiger partial charge is 0.496 e. The van der Waals surface area contributed by atoms with Gasteiger partial charge in [-0.1, -0.05) is 48.0 Å². The van der Waals surface area contributed by atoms with Gasteiger partial charge in [0.25, 0.3) is 5.91 Å². The van der Waals surface area contributed by atoms with E-state index >= 15 is 0 Å². The number of aryl methyl sites for hydroxylation is 1. The van der Waals surface area contributed by atoms with E-state index in [4.69, 9.17) is 21.1 Å². The Morgan fingerprint density at radius 3 is 2.58 bits per heavy atom. The zero-order valence-electron chi connectivity index (χ0n) is 30.4. The van der Waals surface area contributed by atoms with E-state index in [-0.39, 0.29) is 65.9 Å². The van der Waals surface area contributed by atoms with Gasteiger partial charge in [-0.2, -0.15) is 0 Å². The van der Waals surface area contributed by atoms with Crippen LogP contribution in [0, 0.1) is 24.5 Å². The highest BCUT2D eigenvalue weighted by atomic mass is 35.5. The summed E-state index contributed by atoms with van der Waals surface area (Å²) in [5, 5.41) is 13.5. The summed E-state index contributed by atoms with van der Waals surface area (Å²) in [6, 6.07) is 15.8. The van der Waals surface area contributed by atoms with Gasteiger partial charge in [0, 0.05) is 54.8 Å². The minimum absolute atomic E-state index is 0.0110. The first kappa shape index (κ1) is 37.3. The number of halogens is 3. The van der Waals surface area contributed by atoms with Gasteiger partial charge < -0.3 is 29.7 Å². The van der Waals surface area contributed by atoms with Crippen LogP contribution in [0.1, 0.15) is 73.6 Å². The van der Waals surface area contributed by atoms with Crippen molar-refractivity contribution in [3.63, 3.8) is 0 Å². The van der Waals surface area contributed by atoms with Gasteiger partial charge >= 0.3 is 0 Å². The summed E-state index contributed by atoms with van der Waals surface area (Å²) in [6.45, 7) is 3.38. The molecular weight excluding hydrogens is 700 g/mol. The van der Waals surface area contributed by atoms with Gasteiger partial charge in [0.2, 0.25) is 5.91 Å². The number of hydrogen-bond donors (Lipinski definition) is 2. The number of fused-ring (bicyclic) bond motifs is 2. The number of aliphatic hydroxyl groups excluding tert-OH is 1. The fraction of sp³-hybridized carbons (Fsp3) is 0.476. The molecule has 11 heteroatoms. The predicted molar refractivity (Wildman–Crippen MR) is 200 cm³/mol. The highest BCUT2D eigenvalue weighted by Crippen LogP contribution is 2.42. The van der Waals surface area contributed by atoms with Gasteiger partial charge in [0.1, 0.15) is 28.2 Å². The molecule has 8 nitrogen and oxygen atoms in total. The zero-order chi connectivity index (χ0) is 37.2. The molecule has 53 heavy (non-hydrogen) atoms. The Kier molecular flexibility index (Phi) is 11.4. The minimum atomic E-state index is -0.855. The van der Waals surface area contributed by atoms with Crippen molar-refractivity contribution in [1.29, 1.82) is 0 Å². The third kappa shape index (κ3) is 8.10. The van der Waals surface area contributed by atoms with Crippen molar-refractivity contribution in [1.82, 2.24) is 15.1 Å². The van der Waals surface area contributed by atoms with Crippen molar-refractivity contribution >= 4 is 29.0 Å². The van der Waals surface area contributed by atoms with Crippen LogP contribution in [0.25, 0.3) is 5.57 Å². The highest BCUT2D eigenvalue weighted by molar-refractivity contribution is 6.32. The molecule has 2 bridgehead atoms. The Morgan fingerprint density at radius 1 is 1.06 bits per heavy atom. The summed E-state index contributed by atoms with van der Waals surface area (Å²) in [6.07, 6.45) is 6.75. The number of ether oxygens (including phenoxy) is 2. The van der Waals surface area contributed by atoms with Gasteiger partial charge in [-0.15, -0.1) is 0 Å². The Labute approximate surface area is 315 Å². The zero-order valence-corrected chi connectivity index (χ0v) is 31.1. The number of nitrogens with one attached hydrogen (secondary N) is 1. The lowest BCUT2D eigenvalue weighted by atomic mass is 9.74. The summed E-state index contributed by atoms with van der Waals surface area (Å²) in [7, 11) is 1.66. The van der Waals surface area contributed by atoms with Crippen LogP contribution in [-0.4, -0.2) is 77.8 Å². The summed E-state index contributed by atoms with van der Waals surface area (Å²) >= 11 is 5.95. The van der Waals surface area contributed by atoms with Gasteiger partial charge in [-0.25, -0.2) is 8.78 Å². The van der Waals surface area contributed by atoms with Crippen molar-refractivity contribution in [2.45, 2.75) is 95.4 Å². The molecule has 2 N–H and O–H groups in total. The van der Waals surface area contributed by atoms with E-state index in [1.165, 1.54) is 0 Å². The van der Waals surface area contributed by atoms with Crippen LogP contribution < -0.4 is 14.8 Å². The molecule has 4 unspecified atom stereocenters.